The van der Waals surface area contributed by atoms with Gasteiger partial charge in [0.25, 0.3) is 0 Å². The van der Waals surface area contributed by atoms with Gasteiger partial charge in [0.05, 0.1) is 7.11 Å². The molecule has 1 aromatic carbocycles. The molecule has 100 valence electrons. The molecular formula is C13H12BrNO4. The highest BCUT2D eigenvalue weighted by Gasteiger charge is 2.21. The average Bonchev–Trinajstić information content (AvgIpc) is 2.70. The number of carboxylic acids is 1. The van der Waals surface area contributed by atoms with Crippen LogP contribution < -0.4 is 4.74 Å². The van der Waals surface area contributed by atoms with Crippen molar-refractivity contribution < 1.29 is 19.2 Å². The molecule has 6 heteroatoms. The molecule has 0 spiro atoms. The number of hydrogen-bond donors (Lipinski definition) is 1. The third-order valence-electron chi connectivity index (χ3n) is 2.76. The van der Waals surface area contributed by atoms with Crippen molar-refractivity contribution >= 4 is 21.9 Å². The number of hydrogen-bond acceptors (Lipinski definition) is 4. The standard InChI is InChI=1S/C13H12BrNO4/c1-6-4-8(5-7(2)11(6)18-3)12-9(14)10(13(16)17)15-19-12/h4-5H,1-3H3,(H,16,17). The lowest BCUT2D eigenvalue weighted by atomic mass is 10.0. The second-order valence-corrected chi connectivity index (χ2v) is 4.92. The quantitative estimate of drug-likeness (QED) is 0.935. The summed E-state index contributed by atoms with van der Waals surface area (Å²) in [6.45, 7) is 3.83. The molecule has 0 aliphatic rings. The van der Waals surface area contributed by atoms with Crippen LogP contribution in [0.25, 0.3) is 11.3 Å². The van der Waals surface area contributed by atoms with Gasteiger partial charge < -0.3 is 14.4 Å². The zero-order valence-electron chi connectivity index (χ0n) is 10.7. The van der Waals surface area contributed by atoms with Gasteiger partial charge in [-0.25, -0.2) is 4.79 Å². The van der Waals surface area contributed by atoms with Gasteiger partial charge in [0.15, 0.2) is 5.76 Å². The number of rotatable bonds is 3. The fraction of sp³-hybridized carbons (Fsp3) is 0.231. The molecule has 0 radical (unpaired) electrons. The summed E-state index contributed by atoms with van der Waals surface area (Å²) in [4.78, 5) is 10.9. The minimum Gasteiger partial charge on any atom is -0.496 e. The third kappa shape index (κ3) is 2.35. The van der Waals surface area contributed by atoms with Gasteiger partial charge in [-0.15, -0.1) is 0 Å². The zero-order valence-corrected chi connectivity index (χ0v) is 12.2. The molecule has 2 rings (SSSR count). The van der Waals surface area contributed by atoms with Crippen molar-refractivity contribution in [3.8, 4) is 17.1 Å². The van der Waals surface area contributed by atoms with Crippen molar-refractivity contribution in [2.45, 2.75) is 13.8 Å². The summed E-state index contributed by atoms with van der Waals surface area (Å²) in [6, 6.07) is 3.73. The largest absolute Gasteiger partial charge is 0.496 e. The Kier molecular flexibility index (Phi) is 3.61. The van der Waals surface area contributed by atoms with E-state index >= 15 is 0 Å². The first-order valence-electron chi connectivity index (χ1n) is 5.49. The van der Waals surface area contributed by atoms with E-state index in [0.29, 0.717) is 10.2 Å². The molecule has 5 nitrogen and oxygen atoms in total. The molecule has 0 fully saturated rings. The predicted molar refractivity (Wildman–Crippen MR) is 72.6 cm³/mol. The van der Waals surface area contributed by atoms with E-state index in [1.54, 1.807) is 7.11 Å². The highest BCUT2D eigenvalue weighted by Crippen LogP contribution is 2.35. The molecule has 0 bridgehead atoms. The Morgan fingerprint density at radius 2 is 1.95 bits per heavy atom. The Hall–Kier alpha value is -1.82. The van der Waals surface area contributed by atoms with Gasteiger partial charge in [0.1, 0.15) is 10.2 Å². The highest BCUT2D eigenvalue weighted by atomic mass is 79.9. The van der Waals surface area contributed by atoms with Gasteiger partial charge >= 0.3 is 5.97 Å². The first kappa shape index (κ1) is 13.6. The van der Waals surface area contributed by atoms with Crippen molar-refractivity contribution in [3.63, 3.8) is 0 Å². The minimum absolute atomic E-state index is 0.138. The zero-order chi connectivity index (χ0) is 14.2. The van der Waals surface area contributed by atoms with Crippen molar-refractivity contribution in [2.75, 3.05) is 7.11 Å². The molecule has 2 aromatic rings. The molecule has 0 saturated carbocycles. The van der Waals surface area contributed by atoms with E-state index in [4.69, 9.17) is 14.4 Å². The highest BCUT2D eigenvalue weighted by molar-refractivity contribution is 9.10. The minimum atomic E-state index is -1.14. The summed E-state index contributed by atoms with van der Waals surface area (Å²) < 4.78 is 10.7. The van der Waals surface area contributed by atoms with Crippen molar-refractivity contribution in [3.05, 3.63) is 33.4 Å². The van der Waals surface area contributed by atoms with Crippen LogP contribution in [0.5, 0.6) is 5.75 Å². The number of benzene rings is 1. The number of carboxylic acid groups (broad SMARTS) is 1. The van der Waals surface area contributed by atoms with Crippen LogP contribution in [0.15, 0.2) is 21.1 Å². The van der Waals surface area contributed by atoms with Crippen LogP contribution in [0.3, 0.4) is 0 Å². The van der Waals surface area contributed by atoms with E-state index in [0.717, 1.165) is 22.4 Å². The number of nitrogens with zero attached hydrogens (tertiary/aromatic N) is 1. The van der Waals surface area contributed by atoms with E-state index in [-0.39, 0.29) is 5.69 Å². The number of ether oxygens (including phenoxy) is 1. The van der Waals surface area contributed by atoms with Gasteiger partial charge in [-0.1, -0.05) is 5.16 Å². The van der Waals surface area contributed by atoms with Gasteiger partial charge in [-0.05, 0) is 53.0 Å². The fourth-order valence-electron chi connectivity index (χ4n) is 1.99. The van der Waals surface area contributed by atoms with Crippen molar-refractivity contribution in [2.24, 2.45) is 0 Å². The number of methoxy groups -OCH3 is 1. The molecule has 1 heterocycles. The van der Waals surface area contributed by atoms with E-state index in [2.05, 4.69) is 21.1 Å². The molecular weight excluding hydrogens is 314 g/mol. The maximum absolute atomic E-state index is 10.9. The lowest BCUT2D eigenvalue weighted by Crippen LogP contribution is -1.96. The molecule has 0 saturated heterocycles. The van der Waals surface area contributed by atoms with Gasteiger partial charge in [0, 0.05) is 5.56 Å². The third-order valence-corrected chi connectivity index (χ3v) is 3.50. The van der Waals surface area contributed by atoms with E-state index in [9.17, 15) is 4.79 Å². The number of aromatic nitrogens is 1. The molecule has 1 N–H and O–H groups in total. The lowest BCUT2D eigenvalue weighted by Gasteiger charge is -2.10. The Labute approximate surface area is 118 Å². The second kappa shape index (κ2) is 5.05. The summed E-state index contributed by atoms with van der Waals surface area (Å²) in [5.74, 6) is 0.0629. The summed E-state index contributed by atoms with van der Waals surface area (Å²) in [5.41, 5.74) is 2.50. The van der Waals surface area contributed by atoms with Crippen molar-refractivity contribution in [1.29, 1.82) is 0 Å². The summed E-state index contributed by atoms with van der Waals surface area (Å²) >= 11 is 3.20. The van der Waals surface area contributed by atoms with E-state index in [1.165, 1.54) is 0 Å². The van der Waals surface area contributed by atoms with Gasteiger partial charge in [-0.3, -0.25) is 0 Å². The summed E-state index contributed by atoms with van der Waals surface area (Å²) in [7, 11) is 1.61. The number of aryl methyl sites for hydroxylation is 2. The Morgan fingerprint density at radius 3 is 2.37 bits per heavy atom. The van der Waals surface area contributed by atoms with Crippen LogP contribution >= 0.6 is 15.9 Å². The number of aromatic carboxylic acids is 1. The van der Waals surface area contributed by atoms with Crippen LogP contribution in [0, 0.1) is 13.8 Å². The number of halogens is 1. The van der Waals surface area contributed by atoms with Crippen LogP contribution in [-0.2, 0) is 0 Å². The average molecular weight is 326 g/mol. The first-order valence-corrected chi connectivity index (χ1v) is 6.29. The fourth-order valence-corrected chi connectivity index (χ4v) is 2.54. The normalized spacial score (nSPS) is 10.5. The Balaban J connectivity index is 2.57. The Morgan fingerprint density at radius 1 is 1.37 bits per heavy atom. The smallest absolute Gasteiger partial charge is 0.359 e. The molecule has 0 atom stereocenters. The summed E-state index contributed by atoms with van der Waals surface area (Å²) in [6.07, 6.45) is 0. The molecule has 0 aliphatic heterocycles. The maximum atomic E-state index is 10.9. The van der Waals surface area contributed by atoms with Gasteiger partial charge in [0.2, 0.25) is 5.69 Å². The lowest BCUT2D eigenvalue weighted by molar-refractivity contribution is 0.0685. The molecule has 19 heavy (non-hydrogen) atoms. The van der Waals surface area contributed by atoms with E-state index in [1.807, 2.05) is 26.0 Å². The monoisotopic (exact) mass is 325 g/mol. The van der Waals surface area contributed by atoms with Crippen LogP contribution in [0.4, 0.5) is 0 Å². The molecule has 1 aromatic heterocycles. The van der Waals surface area contributed by atoms with Gasteiger partial charge in [-0.2, -0.15) is 0 Å². The number of carbonyl (C=O) groups is 1. The second-order valence-electron chi connectivity index (χ2n) is 4.12. The van der Waals surface area contributed by atoms with E-state index < -0.39 is 5.97 Å². The van der Waals surface area contributed by atoms with Crippen LogP contribution in [0.1, 0.15) is 21.6 Å². The Bertz CT molecular complexity index is 625. The molecule has 0 aliphatic carbocycles. The van der Waals surface area contributed by atoms with Crippen molar-refractivity contribution in [1.82, 2.24) is 5.16 Å². The summed E-state index contributed by atoms with van der Waals surface area (Å²) in [5, 5.41) is 12.5. The maximum Gasteiger partial charge on any atom is 0.359 e. The topological polar surface area (TPSA) is 72.6 Å². The first-order chi connectivity index (χ1) is 8.95. The predicted octanol–water partition coefficient (Wildman–Crippen LogP) is 3.43. The SMILES string of the molecule is COc1c(C)cc(-c2onc(C(=O)O)c2Br)cc1C. The molecule has 0 unspecified atom stereocenters. The molecule has 0 amide bonds. The van der Waals surface area contributed by atoms with Crippen LogP contribution in [0.2, 0.25) is 0 Å². The van der Waals surface area contributed by atoms with Crippen LogP contribution in [-0.4, -0.2) is 23.3 Å².